The van der Waals surface area contributed by atoms with Crippen molar-refractivity contribution in [2.24, 2.45) is 17.8 Å². The maximum Gasteiger partial charge on any atom is 0.246 e. The lowest BCUT2D eigenvalue weighted by atomic mass is 9.84. The zero-order chi connectivity index (χ0) is 19.1. The van der Waals surface area contributed by atoms with Crippen molar-refractivity contribution in [1.82, 2.24) is 5.48 Å². The Bertz CT molecular complexity index is 677. The van der Waals surface area contributed by atoms with Gasteiger partial charge in [-0.3, -0.25) is 19.7 Å². The highest BCUT2D eigenvalue weighted by molar-refractivity contribution is 6.03. The van der Waals surface area contributed by atoms with Crippen LogP contribution in [-0.2, 0) is 9.59 Å². The molecule has 0 aliphatic carbocycles. The zero-order valence-corrected chi connectivity index (χ0v) is 15.4. The highest BCUT2D eigenvalue weighted by Gasteiger charge is 2.34. The molecule has 0 bridgehead atoms. The van der Waals surface area contributed by atoms with Gasteiger partial charge in [0.15, 0.2) is 0 Å². The van der Waals surface area contributed by atoms with Gasteiger partial charge in [0, 0.05) is 17.3 Å². The van der Waals surface area contributed by atoms with Crippen molar-refractivity contribution in [3.8, 4) is 0 Å². The number of amides is 2. The van der Waals surface area contributed by atoms with E-state index in [0.717, 1.165) is 11.4 Å². The molecular weight excluding hydrogens is 328 g/mol. The molecule has 2 N–H and O–H groups in total. The summed E-state index contributed by atoms with van der Waals surface area (Å²) in [6.45, 7) is 5.70. The van der Waals surface area contributed by atoms with Crippen molar-refractivity contribution in [3.63, 3.8) is 0 Å². The molecule has 0 radical (unpaired) electrons. The molecule has 0 spiro atoms. The second-order valence-electron chi connectivity index (χ2n) is 6.85. The number of rotatable bonds is 7. The first-order chi connectivity index (χ1) is 12.5. The minimum atomic E-state index is -0.648. The van der Waals surface area contributed by atoms with Crippen molar-refractivity contribution < 1.29 is 14.8 Å². The van der Waals surface area contributed by atoms with E-state index < -0.39 is 17.7 Å². The van der Waals surface area contributed by atoms with Gasteiger partial charge in [-0.05, 0) is 36.6 Å². The van der Waals surface area contributed by atoms with E-state index in [-0.39, 0.29) is 11.8 Å². The molecule has 2 aromatic carbocycles. The van der Waals surface area contributed by atoms with Crippen LogP contribution in [0.5, 0.6) is 0 Å². The third kappa shape index (κ3) is 4.70. The predicted molar refractivity (Wildman–Crippen MR) is 102 cm³/mol. The van der Waals surface area contributed by atoms with Gasteiger partial charge in [0.05, 0.1) is 5.92 Å². The fourth-order valence-corrected chi connectivity index (χ4v) is 3.03. The minimum Gasteiger partial charge on any atom is -0.289 e. The summed E-state index contributed by atoms with van der Waals surface area (Å²) >= 11 is 0. The Kier molecular flexibility index (Phi) is 6.92. The molecule has 0 saturated carbocycles. The summed E-state index contributed by atoms with van der Waals surface area (Å²) < 4.78 is 0. The maximum atomic E-state index is 13.5. The number of nitrogens with one attached hydrogen (secondary N) is 1. The molecule has 0 aromatic heterocycles. The number of hydrogen-bond donors (Lipinski definition) is 2. The van der Waals surface area contributed by atoms with E-state index in [2.05, 4.69) is 0 Å². The molecule has 2 aromatic rings. The van der Waals surface area contributed by atoms with E-state index in [9.17, 15) is 9.59 Å². The smallest absolute Gasteiger partial charge is 0.246 e. The molecule has 2 amide bonds. The summed E-state index contributed by atoms with van der Waals surface area (Å²) in [6, 6.07) is 18.8. The Labute approximate surface area is 154 Å². The molecule has 2 atom stereocenters. The van der Waals surface area contributed by atoms with E-state index >= 15 is 0 Å². The topological polar surface area (TPSA) is 69.6 Å². The standard InChI is InChI=1S/C21H26N2O3/c1-15(2)14-19(16(3)20(24)22-26)21(25)23(17-10-6-4-7-11-17)18-12-8-5-9-13-18/h4-13,15-16,19,26H,14H2,1-3H3,(H,22,24). The Balaban J connectivity index is 2.47. The average Bonchev–Trinajstić information content (AvgIpc) is 2.66. The van der Waals surface area contributed by atoms with E-state index in [1.165, 1.54) is 0 Å². The molecule has 2 unspecified atom stereocenters. The lowest BCUT2D eigenvalue weighted by Gasteiger charge is -2.31. The fraction of sp³-hybridized carbons (Fsp3) is 0.333. The molecule has 5 nitrogen and oxygen atoms in total. The van der Waals surface area contributed by atoms with Crippen LogP contribution in [-0.4, -0.2) is 17.0 Å². The molecule has 0 aliphatic rings. The lowest BCUT2D eigenvalue weighted by Crippen LogP contribution is -2.41. The first kappa shape index (κ1) is 19.7. The summed E-state index contributed by atoms with van der Waals surface area (Å²) in [6.07, 6.45) is 0.545. The average molecular weight is 354 g/mol. The Morgan fingerprint density at radius 2 is 1.38 bits per heavy atom. The van der Waals surface area contributed by atoms with Gasteiger partial charge in [0.2, 0.25) is 11.8 Å². The molecule has 0 saturated heterocycles. The number of hydrogen-bond acceptors (Lipinski definition) is 3. The van der Waals surface area contributed by atoms with E-state index in [1.54, 1.807) is 17.3 Å². The number of carbonyl (C=O) groups excluding carboxylic acids is 2. The van der Waals surface area contributed by atoms with E-state index in [0.29, 0.717) is 6.42 Å². The summed E-state index contributed by atoms with van der Waals surface area (Å²) in [5.74, 6) is -1.68. The quantitative estimate of drug-likeness (QED) is 0.579. The van der Waals surface area contributed by atoms with Gasteiger partial charge in [-0.25, -0.2) is 5.48 Å². The lowest BCUT2D eigenvalue weighted by molar-refractivity contribution is -0.138. The minimum absolute atomic E-state index is 0.160. The van der Waals surface area contributed by atoms with Crippen LogP contribution in [0.3, 0.4) is 0 Å². The Hall–Kier alpha value is -2.66. The van der Waals surface area contributed by atoms with Crippen LogP contribution in [0.25, 0.3) is 0 Å². The predicted octanol–water partition coefficient (Wildman–Crippen LogP) is 4.16. The maximum absolute atomic E-state index is 13.5. The van der Waals surface area contributed by atoms with Crippen LogP contribution < -0.4 is 10.4 Å². The van der Waals surface area contributed by atoms with Gasteiger partial charge < -0.3 is 0 Å². The van der Waals surface area contributed by atoms with Crippen LogP contribution in [0.15, 0.2) is 60.7 Å². The van der Waals surface area contributed by atoms with E-state index in [4.69, 9.17) is 5.21 Å². The first-order valence-electron chi connectivity index (χ1n) is 8.83. The summed E-state index contributed by atoms with van der Waals surface area (Å²) in [5, 5.41) is 9.02. The van der Waals surface area contributed by atoms with Gasteiger partial charge in [-0.15, -0.1) is 0 Å². The first-order valence-corrected chi connectivity index (χ1v) is 8.83. The third-order valence-corrected chi connectivity index (χ3v) is 4.42. The number of carbonyl (C=O) groups is 2. The fourth-order valence-electron chi connectivity index (χ4n) is 3.03. The Morgan fingerprint density at radius 1 is 0.923 bits per heavy atom. The van der Waals surface area contributed by atoms with Crippen molar-refractivity contribution in [2.45, 2.75) is 27.2 Å². The number of anilines is 2. The monoisotopic (exact) mass is 354 g/mol. The van der Waals surface area contributed by atoms with Crippen molar-refractivity contribution in [1.29, 1.82) is 0 Å². The largest absolute Gasteiger partial charge is 0.289 e. The zero-order valence-electron chi connectivity index (χ0n) is 15.4. The van der Waals surface area contributed by atoms with Crippen molar-refractivity contribution >= 4 is 23.2 Å². The number of para-hydroxylation sites is 2. The number of benzene rings is 2. The second kappa shape index (κ2) is 9.15. The number of nitrogens with zero attached hydrogens (tertiary/aromatic N) is 1. The SMILES string of the molecule is CC(C)CC(C(=O)N(c1ccccc1)c1ccccc1)C(C)C(=O)NO. The van der Waals surface area contributed by atoms with Crippen LogP contribution in [0.2, 0.25) is 0 Å². The summed E-state index contributed by atoms with van der Waals surface area (Å²) in [4.78, 5) is 27.2. The van der Waals surface area contributed by atoms with Crippen molar-refractivity contribution in [2.75, 3.05) is 4.90 Å². The summed E-state index contributed by atoms with van der Waals surface area (Å²) in [7, 11) is 0. The molecule has 0 heterocycles. The third-order valence-electron chi connectivity index (χ3n) is 4.42. The van der Waals surface area contributed by atoms with Crippen LogP contribution in [0, 0.1) is 17.8 Å². The van der Waals surface area contributed by atoms with Crippen LogP contribution >= 0.6 is 0 Å². The molecule has 2 rings (SSSR count). The van der Waals surface area contributed by atoms with Crippen molar-refractivity contribution in [3.05, 3.63) is 60.7 Å². The highest BCUT2D eigenvalue weighted by Crippen LogP contribution is 2.31. The van der Waals surface area contributed by atoms with Gasteiger partial charge in [-0.2, -0.15) is 0 Å². The molecule has 0 fully saturated rings. The van der Waals surface area contributed by atoms with Gasteiger partial charge in [-0.1, -0.05) is 57.2 Å². The van der Waals surface area contributed by atoms with Gasteiger partial charge in [0.1, 0.15) is 0 Å². The molecule has 138 valence electrons. The van der Waals surface area contributed by atoms with Gasteiger partial charge in [0.25, 0.3) is 0 Å². The van der Waals surface area contributed by atoms with Gasteiger partial charge >= 0.3 is 0 Å². The Morgan fingerprint density at radius 3 is 1.77 bits per heavy atom. The van der Waals surface area contributed by atoms with E-state index in [1.807, 2.05) is 74.5 Å². The molecule has 26 heavy (non-hydrogen) atoms. The summed E-state index contributed by atoms with van der Waals surface area (Å²) in [5.41, 5.74) is 3.17. The number of hydroxylamine groups is 1. The van der Waals surface area contributed by atoms with Crippen LogP contribution in [0.4, 0.5) is 11.4 Å². The second-order valence-corrected chi connectivity index (χ2v) is 6.85. The normalized spacial score (nSPS) is 13.1. The molecule has 0 aliphatic heterocycles. The van der Waals surface area contributed by atoms with Crippen LogP contribution in [0.1, 0.15) is 27.2 Å². The molecule has 5 heteroatoms. The molecular formula is C21H26N2O3. The highest BCUT2D eigenvalue weighted by atomic mass is 16.5.